The number of nitrogens with zero attached hydrogens (tertiary/aromatic N) is 4. The highest BCUT2D eigenvalue weighted by atomic mass is 16.3. The van der Waals surface area contributed by atoms with Gasteiger partial charge in [0.2, 0.25) is 5.91 Å². The molecule has 7 nitrogen and oxygen atoms in total. The van der Waals surface area contributed by atoms with Crippen LogP contribution < -0.4 is 5.73 Å². The first-order valence-electron chi connectivity index (χ1n) is 5.97. The number of aromatic nitrogens is 3. The maximum atomic E-state index is 12.0. The van der Waals surface area contributed by atoms with Crippen LogP contribution in [0.15, 0.2) is 22.7 Å². The van der Waals surface area contributed by atoms with Crippen LogP contribution in [0.4, 0.5) is 0 Å². The summed E-state index contributed by atoms with van der Waals surface area (Å²) in [7, 11) is 1.72. The van der Waals surface area contributed by atoms with Crippen LogP contribution in [0.2, 0.25) is 0 Å². The van der Waals surface area contributed by atoms with Crippen LogP contribution in [0.5, 0.6) is 0 Å². The number of likely N-dealkylation sites (N-methyl/N-ethyl adjacent to an activating group) is 1. The van der Waals surface area contributed by atoms with Crippen molar-refractivity contribution in [3.63, 3.8) is 0 Å². The summed E-state index contributed by atoms with van der Waals surface area (Å²) in [4.78, 5) is 13.6. The third-order valence-electron chi connectivity index (χ3n) is 2.71. The van der Waals surface area contributed by atoms with Crippen LogP contribution in [-0.2, 0) is 24.4 Å². The lowest BCUT2D eigenvalue weighted by Crippen LogP contribution is -2.29. The van der Waals surface area contributed by atoms with Gasteiger partial charge in [0, 0.05) is 13.6 Å². The van der Waals surface area contributed by atoms with Gasteiger partial charge in [0.15, 0.2) is 0 Å². The summed E-state index contributed by atoms with van der Waals surface area (Å²) in [6.45, 7) is 2.76. The minimum atomic E-state index is -0.0671. The van der Waals surface area contributed by atoms with Gasteiger partial charge in [-0.3, -0.25) is 4.79 Å². The molecule has 0 aliphatic heterocycles. The molecule has 0 radical (unpaired) electrons. The van der Waals surface area contributed by atoms with E-state index in [1.807, 2.05) is 19.1 Å². The number of aryl methyl sites for hydroxylation is 1. The van der Waals surface area contributed by atoms with E-state index in [0.29, 0.717) is 18.8 Å². The lowest BCUT2D eigenvalue weighted by molar-refractivity contribution is -0.131. The van der Waals surface area contributed by atoms with Crippen molar-refractivity contribution < 1.29 is 9.21 Å². The molecule has 1 amide bonds. The lowest BCUT2D eigenvalue weighted by atomic mass is 10.4. The van der Waals surface area contributed by atoms with Gasteiger partial charge in [-0.05, 0) is 19.1 Å². The zero-order valence-electron chi connectivity index (χ0n) is 11.0. The predicted molar refractivity (Wildman–Crippen MR) is 67.8 cm³/mol. The second kappa shape index (κ2) is 5.66. The Bertz CT molecular complexity index is 560. The Hall–Kier alpha value is -2.15. The molecule has 0 unspecified atom stereocenters. The van der Waals surface area contributed by atoms with Crippen molar-refractivity contribution in [2.45, 2.75) is 26.6 Å². The Morgan fingerprint density at radius 2 is 2.32 bits per heavy atom. The Morgan fingerprint density at radius 3 is 2.89 bits per heavy atom. The van der Waals surface area contributed by atoms with Crippen molar-refractivity contribution in [3.05, 3.63) is 35.5 Å². The highest BCUT2D eigenvalue weighted by molar-refractivity contribution is 5.75. The van der Waals surface area contributed by atoms with E-state index in [1.165, 1.54) is 4.68 Å². The average Bonchev–Trinajstić information content (AvgIpc) is 2.98. The first-order valence-corrected chi connectivity index (χ1v) is 5.97. The van der Waals surface area contributed by atoms with Gasteiger partial charge in [-0.15, -0.1) is 5.10 Å². The van der Waals surface area contributed by atoms with Crippen LogP contribution in [0.1, 0.15) is 17.2 Å². The average molecular weight is 263 g/mol. The van der Waals surface area contributed by atoms with E-state index >= 15 is 0 Å². The fourth-order valence-corrected chi connectivity index (χ4v) is 1.66. The second-order valence-electron chi connectivity index (χ2n) is 4.37. The number of carbonyl (C=O) groups excluding carboxylic acids is 1. The minimum absolute atomic E-state index is 0.0671. The maximum absolute atomic E-state index is 12.0. The van der Waals surface area contributed by atoms with Crippen molar-refractivity contribution in [1.82, 2.24) is 19.9 Å². The molecule has 2 aromatic heterocycles. The Kier molecular flexibility index (Phi) is 3.96. The van der Waals surface area contributed by atoms with Crippen molar-refractivity contribution >= 4 is 5.91 Å². The molecule has 0 saturated heterocycles. The Morgan fingerprint density at radius 1 is 1.53 bits per heavy atom. The smallest absolute Gasteiger partial charge is 0.244 e. The van der Waals surface area contributed by atoms with E-state index in [4.69, 9.17) is 10.2 Å². The monoisotopic (exact) mass is 263 g/mol. The number of amides is 1. The predicted octanol–water partition coefficient (Wildman–Crippen LogP) is 0.297. The summed E-state index contributed by atoms with van der Waals surface area (Å²) < 4.78 is 6.91. The molecule has 0 aromatic carbocycles. The van der Waals surface area contributed by atoms with Crippen molar-refractivity contribution in [3.8, 4) is 0 Å². The van der Waals surface area contributed by atoms with Crippen LogP contribution in [-0.4, -0.2) is 32.8 Å². The molecule has 2 heterocycles. The minimum Gasteiger partial charge on any atom is -0.464 e. The molecule has 2 aromatic rings. The number of nitrogens with two attached hydrogens (primary N) is 1. The zero-order chi connectivity index (χ0) is 13.8. The summed E-state index contributed by atoms with van der Waals surface area (Å²) in [5.74, 6) is 1.52. The number of hydrogen-bond acceptors (Lipinski definition) is 5. The summed E-state index contributed by atoms with van der Waals surface area (Å²) >= 11 is 0. The number of carbonyl (C=O) groups is 1. The quantitative estimate of drug-likeness (QED) is 0.837. The Labute approximate surface area is 111 Å². The molecule has 0 aliphatic rings. The summed E-state index contributed by atoms with van der Waals surface area (Å²) in [6.07, 6.45) is 1.67. The molecule has 102 valence electrons. The summed E-state index contributed by atoms with van der Waals surface area (Å²) in [5, 5.41) is 7.67. The molecule has 2 N–H and O–H groups in total. The summed E-state index contributed by atoms with van der Waals surface area (Å²) in [6, 6.07) is 3.74. The van der Waals surface area contributed by atoms with Crippen LogP contribution in [0.25, 0.3) is 0 Å². The number of rotatable bonds is 5. The van der Waals surface area contributed by atoms with E-state index < -0.39 is 0 Å². The third-order valence-corrected chi connectivity index (χ3v) is 2.71. The van der Waals surface area contributed by atoms with E-state index in [1.54, 1.807) is 18.1 Å². The molecule has 0 bridgehead atoms. The molecule has 0 aliphatic carbocycles. The molecular formula is C12H17N5O2. The number of hydrogen-bond donors (Lipinski definition) is 1. The largest absolute Gasteiger partial charge is 0.464 e. The van der Waals surface area contributed by atoms with Crippen molar-refractivity contribution in [1.29, 1.82) is 0 Å². The number of furan rings is 1. The lowest BCUT2D eigenvalue weighted by Gasteiger charge is -2.15. The molecule has 7 heteroatoms. The van der Waals surface area contributed by atoms with Gasteiger partial charge >= 0.3 is 0 Å². The Balaban J connectivity index is 1.91. The van der Waals surface area contributed by atoms with E-state index in [9.17, 15) is 4.79 Å². The van der Waals surface area contributed by atoms with Gasteiger partial charge < -0.3 is 15.1 Å². The van der Waals surface area contributed by atoms with Crippen molar-refractivity contribution in [2.75, 3.05) is 7.05 Å². The first kappa shape index (κ1) is 13.3. The normalized spacial score (nSPS) is 10.7. The fraction of sp³-hybridized carbons (Fsp3) is 0.417. The maximum Gasteiger partial charge on any atom is 0.244 e. The molecular weight excluding hydrogens is 246 g/mol. The van der Waals surface area contributed by atoms with Gasteiger partial charge in [-0.25, -0.2) is 4.68 Å². The topological polar surface area (TPSA) is 90.2 Å². The van der Waals surface area contributed by atoms with Crippen molar-refractivity contribution in [2.24, 2.45) is 5.73 Å². The van der Waals surface area contributed by atoms with Gasteiger partial charge in [0.25, 0.3) is 0 Å². The van der Waals surface area contributed by atoms with E-state index in [-0.39, 0.29) is 12.5 Å². The van der Waals surface area contributed by atoms with E-state index in [2.05, 4.69) is 10.3 Å². The third kappa shape index (κ3) is 3.41. The molecule has 0 fully saturated rings. The van der Waals surface area contributed by atoms with Gasteiger partial charge in [-0.2, -0.15) is 0 Å². The van der Waals surface area contributed by atoms with Gasteiger partial charge in [0.05, 0.1) is 18.4 Å². The fourth-order valence-electron chi connectivity index (χ4n) is 1.66. The van der Waals surface area contributed by atoms with Gasteiger partial charge in [-0.1, -0.05) is 5.21 Å². The van der Waals surface area contributed by atoms with Crippen LogP contribution in [0, 0.1) is 6.92 Å². The van der Waals surface area contributed by atoms with Crippen LogP contribution in [0.3, 0.4) is 0 Å². The zero-order valence-corrected chi connectivity index (χ0v) is 11.0. The summed E-state index contributed by atoms with van der Waals surface area (Å²) in [5.41, 5.74) is 6.10. The molecule has 0 spiro atoms. The molecule has 0 atom stereocenters. The molecule has 19 heavy (non-hydrogen) atoms. The first-order chi connectivity index (χ1) is 9.08. The highest BCUT2D eigenvalue weighted by Crippen LogP contribution is 2.09. The SMILES string of the molecule is Cc1ccc(CN(C)C(=O)Cn2cc(CN)nn2)o1. The van der Waals surface area contributed by atoms with Gasteiger partial charge in [0.1, 0.15) is 18.1 Å². The highest BCUT2D eigenvalue weighted by Gasteiger charge is 2.12. The molecule has 2 rings (SSSR count). The standard InChI is InChI=1S/C12H17N5O2/c1-9-3-4-11(19-9)7-16(2)12(18)8-17-6-10(5-13)14-15-17/h3-4,6H,5,7-8,13H2,1-2H3. The second-order valence-corrected chi connectivity index (χ2v) is 4.37. The van der Waals surface area contributed by atoms with Crippen LogP contribution >= 0.6 is 0 Å². The molecule has 0 saturated carbocycles. The van der Waals surface area contributed by atoms with E-state index in [0.717, 1.165) is 11.5 Å².